The number of rotatable bonds is 1. The van der Waals surface area contributed by atoms with Crippen molar-refractivity contribution in [3.8, 4) is 0 Å². The van der Waals surface area contributed by atoms with Gasteiger partial charge in [0.1, 0.15) is 0 Å². The van der Waals surface area contributed by atoms with Crippen LogP contribution in [-0.4, -0.2) is 20.5 Å². The van der Waals surface area contributed by atoms with Crippen LogP contribution < -0.4 is 0 Å². The summed E-state index contributed by atoms with van der Waals surface area (Å²) < 4.78 is 2.49. The van der Waals surface area contributed by atoms with Gasteiger partial charge in [-0.25, -0.2) is 9.78 Å². The van der Waals surface area contributed by atoms with E-state index in [2.05, 4.69) is 20.9 Å². The molecule has 2 aromatic rings. The lowest BCUT2D eigenvalue weighted by Gasteiger charge is -1.97. The van der Waals surface area contributed by atoms with Crippen molar-refractivity contribution in [2.45, 2.75) is 6.92 Å². The molecule has 14 heavy (non-hydrogen) atoms. The molecule has 0 amide bonds. The minimum atomic E-state index is -1.02. The lowest BCUT2D eigenvalue weighted by atomic mass is 10.3. The zero-order valence-corrected chi connectivity index (χ0v) is 8.95. The van der Waals surface area contributed by atoms with Gasteiger partial charge in [-0.15, -0.1) is 0 Å². The number of aryl methyl sites for hydroxylation is 1. The molecular weight excluding hydrogens is 248 g/mol. The lowest BCUT2D eigenvalue weighted by Crippen LogP contribution is -1.94. The smallest absolute Gasteiger partial charge is 0.356 e. The molecule has 2 rings (SSSR count). The zero-order valence-electron chi connectivity index (χ0n) is 7.36. The molecule has 72 valence electrons. The van der Waals surface area contributed by atoms with E-state index in [-0.39, 0.29) is 5.69 Å². The van der Waals surface area contributed by atoms with Crippen molar-refractivity contribution < 1.29 is 9.90 Å². The maximum absolute atomic E-state index is 10.7. The summed E-state index contributed by atoms with van der Waals surface area (Å²) in [5.74, 6) is -1.02. The number of imidazole rings is 1. The van der Waals surface area contributed by atoms with Gasteiger partial charge in [0.25, 0.3) is 0 Å². The minimum absolute atomic E-state index is 0.0521. The van der Waals surface area contributed by atoms with E-state index < -0.39 is 5.97 Å². The second-order valence-electron chi connectivity index (χ2n) is 3.03. The molecule has 1 N–H and O–H groups in total. The lowest BCUT2D eigenvalue weighted by molar-refractivity contribution is 0.0691. The number of hydrogen-bond acceptors (Lipinski definition) is 2. The fourth-order valence-corrected chi connectivity index (χ4v) is 1.95. The first-order valence-corrected chi connectivity index (χ1v) is 4.75. The molecule has 0 spiro atoms. The van der Waals surface area contributed by atoms with Crippen molar-refractivity contribution in [3.63, 3.8) is 0 Å². The first-order chi connectivity index (χ1) is 6.58. The Kier molecular flexibility index (Phi) is 2.03. The highest BCUT2D eigenvalue weighted by Crippen LogP contribution is 2.19. The number of carboxylic acid groups (broad SMARTS) is 1. The Morgan fingerprint density at radius 3 is 2.93 bits per heavy atom. The Balaban J connectivity index is 2.76. The van der Waals surface area contributed by atoms with Crippen LogP contribution in [0.5, 0.6) is 0 Å². The van der Waals surface area contributed by atoms with Crippen LogP contribution in [0, 0.1) is 6.92 Å². The zero-order chi connectivity index (χ0) is 10.3. The summed E-state index contributed by atoms with van der Waals surface area (Å²) in [6.07, 6.45) is 3.33. The van der Waals surface area contributed by atoms with Crippen molar-refractivity contribution in [1.29, 1.82) is 0 Å². The molecule has 4 nitrogen and oxygen atoms in total. The van der Waals surface area contributed by atoms with E-state index in [4.69, 9.17) is 5.11 Å². The SMILES string of the molecule is Cc1cc(Br)c2nc(C(=O)O)cn2c1. The third-order valence-corrected chi connectivity index (χ3v) is 2.45. The summed E-state index contributed by atoms with van der Waals surface area (Å²) in [5, 5.41) is 8.75. The van der Waals surface area contributed by atoms with Gasteiger partial charge >= 0.3 is 5.97 Å². The van der Waals surface area contributed by atoms with Crippen LogP contribution in [-0.2, 0) is 0 Å². The maximum atomic E-state index is 10.7. The van der Waals surface area contributed by atoms with E-state index in [1.54, 1.807) is 4.40 Å². The minimum Gasteiger partial charge on any atom is -0.476 e. The fourth-order valence-electron chi connectivity index (χ4n) is 1.29. The molecule has 0 aliphatic rings. The van der Waals surface area contributed by atoms with Crippen molar-refractivity contribution in [1.82, 2.24) is 9.38 Å². The predicted octanol–water partition coefficient (Wildman–Crippen LogP) is 2.10. The van der Waals surface area contributed by atoms with Gasteiger partial charge in [0, 0.05) is 12.4 Å². The number of halogens is 1. The summed E-state index contributed by atoms with van der Waals surface area (Å²) in [6.45, 7) is 1.94. The van der Waals surface area contributed by atoms with Gasteiger partial charge in [0.15, 0.2) is 11.3 Å². The number of carbonyl (C=O) groups is 1. The summed E-state index contributed by atoms with van der Waals surface area (Å²) in [6, 6.07) is 1.90. The number of hydrogen-bond donors (Lipinski definition) is 1. The molecule has 0 bridgehead atoms. The van der Waals surface area contributed by atoms with Crippen molar-refractivity contribution in [3.05, 3.63) is 34.2 Å². The molecule has 0 fully saturated rings. The Bertz CT molecular complexity index is 519. The second kappa shape index (κ2) is 3.09. The Hall–Kier alpha value is -1.36. The fraction of sp³-hybridized carbons (Fsp3) is 0.111. The highest BCUT2D eigenvalue weighted by atomic mass is 79.9. The van der Waals surface area contributed by atoms with Gasteiger partial charge in [0.05, 0.1) is 4.47 Å². The van der Waals surface area contributed by atoms with Crippen LogP contribution in [0.3, 0.4) is 0 Å². The van der Waals surface area contributed by atoms with Crippen LogP contribution in [0.1, 0.15) is 16.1 Å². The van der Waals surface area contributed by atoms with Crippen molar-refractivity contribution in [2.75, 3.05) is 0 Å². The first-order valence-electron chi connectivity index (χ1n) is 3.96. The topological polar surface area (TPSA) is 54.6 Å². The maximum Gasteiger partial charge on any atom is 0.356 e. The second-order valence-corrected chi connectivity index (χ2v) is 3.88. The Morgan fingerprint density at radius 1 is 1.57 bits per heavy atom. The standard InChI is InChI=1S/C9H7BrN2O2/c1-5-2-6(10)8-11-7(9(13)14)4-12(8)3-5/h2-4H,1H3,(H,13,14). The quantitative estimate of drug-likeness (QED) is 0.848. The Morgan fingerprint density at radius 2 is 2.29 bits per heavy atom. The van der Waals surface area contributed by atoms with Gasteiger partial charge in [-0.1, -0.05) is 0 Å². The van der Waals surface area contributed by atoms with Gasteiger partial charge < -0.3 is 9.51 Å². The monoisotopic (exact) mass is 254 g/mol. The Labute approximate surface area is 88.3 Å². The molecule has 0 saturated heterocycles. The van der Waals surface area contributed by atoms with E-state index in [0.717, 1.165) is 10.0 Å². The number of aromatic nitrogens is 2. The molecular formula is C9H7BrN2O2. The third-order valence-electron chi connectivity index (χ3n) is 1.86. The molecule has 0 aliphatic heterocycles. The average molecular weight is 255 g/mol. The average Bonchev–Trinajstić information content (AvgIpc) is 2.47. The first kappa shape index (κ1) is 9.21. The van der Waals surface area contributed by atoms with Gasteiger partial charge in [-0.3, -0.25) is 0 Å². The number of fused-ring (bicyclic) bond motifs is 1. The van der Waals surface area contributed by atoms with E-state index in [1.165, 1.54) is 6.20 Å². The highest BCUT2D eigenvalue weighted by Gasteiger charge is 2.10. The molecule has 0 saturated carbocycles. The normalized spacial score (nSPS) is 10.7. The molecule has 0 aliphatic carbocycles. The number of pyridine rings is 1. The summed E-state index contributed by atoms with van der Waals surface area (Å²) >= 11 is 3.33. The van der Waals surface area contributed by atoms with Crippen LogP contribution >= 0.6 is 15.9 Å². The van der Waals surface area contributed by atoms with Crippen molar-refractivity contribution >= 4 is 27.5 Å². The van der Waals surface area contributed by atoms with E-state index in [0.29, 0.717) is 5.65 Å². The van der Waals surface area contributed by atoms with Gasteiger partial charge in [-0.05, 0) is 34.5 Å². The molecule has 2 heterocycles. The third kappa shape index (κ3) is 1.39. The van der Waals surface area contributed by atoms with Crippen molar-refractivity contribution in [2.24, 2.45) is 0 Å². The number of carboxylic acids is 1. The van der Waals surface area contributed by atoms with E-state index >= 15 is 0 Å². The van der Waals surface area contributed by atoms with Crippen LogP contribution in [0.2, 0.25) is 0 Å². The number of nitrogens with zero attached hydrogens (tertiary/aromatic N) is 2. The van der Waals surface area contributed by atoms with Crippen LogP contribution in [0.15, 0.2) is 22.9 Å². The van der Waals surface area contributed by atoms with Crippen LogP contribution in [0.25, 0.3) is 5.65 Å². The summed E-state index contributed by atoms with van der Waals surface area (Å²) in [7, 11) is 0. The highest BCUT2D eigenvalue weighted by molar-refractivity contribution is 9.10. The molecule has 0 radical (unpaired) electrons. The predicted molar refractivity (Wildman–Crippen MR) is 54.6 cm³/mol. The molecule has 0 atom stereocenters. The molecule has 2 aromatic heterocycles. The summed E-state index contributed by atoms with van der Waals surface area (Å²) in [4.78, 5) is 14.6. The largest absolute Gasteiger partial charge is 0.476 e. The van der Waals surface area contributed by atoms with Crippen LogP contribution in [0.4, 0.5) is 0 Å². The molecule has 5 heteroatoms. The molecule has 0 aromatic carbocycles. The number of aromatic carboxylic acids is 1. The molecule has 0 unspecified atom stereocenters. The summed E-state index contributed by atoms with van der Waals surface area (Å²) in [5.41, 5.74) is 1.71. The van der Waals surface area contributed by atoms with E-state index in [1.807, 2.05) is 19.2 Å². The van der Waals surface area contributed by atoms with Gasteiger partial charge in [0.2, 0.25) is 0 Å². The van der Waals surface area contributed by atoms with E-state index in [9.17, 15) is 4.79 Å². The van der Waals surface area contributed by atoms with Gasteiger partial charge in [-0.2, -0.15) is 0 Å².